The first-order valence-corrected chi connectivity index (χ1v) is 6.61. The fourth-order valence-electron chi connectivity index (χ4n) is 2.17. The van der Waals surface area contributed by atoms with Crippen LogP contribution < -0.4 is 4.90 Å². The third-order valence-electron chi connectivity index (χ3n) is 3.35. The number of ether oxygens (including phenoxy) is 1. The van der Waals surface area contributed by atoms with Crippen LogP contribution in [0.25, 0.3) is 0 Å². The van der Waals surface area contributed by atoms with Crippen molar-refractivity contribution < 1.29 is 14.5 Å². The van der Waals surface area contributed by atoms with Gasteiger partial charge in [-0.2, -0.15) is 0 Å². The van der Waals surface area contributed by atoms with Gasteiger partial charge in [-0.15, -0.1) is 0 Å². The van der Waals surface area contributed by atoms with Crippen LogP contribution in [0.15, 0.2) is 12.3 Å². The summed E-state index contributed by atoms with van der Waals surface area (Å²) in [6, 6.07) is 1.72. The Hall–Kier alpha value is -2.18. The Morgan fingerprint density at radius 1 is 1.55 bits per heavy atom. The molecule has 0 saturated carbocycles. The summed E-state index contributed by atoms with van der Waals surface area (Å²) in [6.07, 6.45) is 1.85. The minimum absolute atomic E-state index is 0.0405. The number of hydrogen-bond donors (Lipinski definition) is 0. The quantitative estimate of drug-likeness (QED) is 0.462. The van der Waals surface area contributed by atoms with E-state index in [2.05, 4.69) is 4.98 Å². The standard InChI is InChI=1S/C13H17N3O4/c1-3-9-5-12(14-6-11(9)16(18)19)15-7-10(8-15)13(17)20-4-2/h5-6,10H,3-4,7-8H2,1-2H3. The highest BCUT2D eigenvalue weighted by atomic mass is 16.6. The first kappa shape index (κ1) is 14.2. The summed E-state index contributed by atoms with van der Waals surface area (Å²) in [5.74, 6) is 0.353. The van der Waals surface area contributed by atoms with Crippen LogP contribution in [-0.2, 0) is 16.0 Å². The van der Waals surface area contributed by atoms with Gasteiger partial charge in [0.15, 0.2) is 0 Å². The molecule has 7 heteroatoms. The summed E-state index contributed by atoms with van der Waals surface area (Å²) < 4.78 is 4.95. The number of carbonyl (C=O) groups is 1. The summed E-state index contributed by atoms with van der Waals surface area (Å²) in [4.78, 5) is 28.0. The number of aromatic nitrogens is 1. The van der Waals surface area contributed by atoms with Gasteiger partial charge >= 0.3 is 5.97 Å². The van der Waals surface area contributed by atoms with Crippen LogP contribution in [0.1, 0.15) is 19.4 Å². The van der Waals surface area contributed by atoms with Gasteiger partial charge in [-0.05, 0) is 19.4 Å². The third kappa shape index (κ3) is 2.71. The number of carbonyl (C=O) groups excluding carboxylic acids is 1. The zero-order valence-electron chi connectivity index (χ0n) is 11.5. The molecule has 1 aliphatic heterocycles. The molecular formula is C13H17N3O4. The van der Waals surface area contributed by atoms with Gasteiger partial charge in [0, 0.05) is 18.7 Å². The van der Waals surface area contributed by atoms with Gasteiger partial charge in [0.1, 0.15) is 12.0 Å². The molecule has 0 atom stereocenters. The van der Waals surface area contributed by atoms with Gasteiger partial charge in [-0.3, -0.25) is 14.9 Å². The Morgan fingerprint density at radius 3 is 2.80 bits per heavy atom. The highest BCUT2D eigenvalue weighted by Crippen LogP contribution is 2.28. The second kappa shape index (κ2) is 5.85. The highest BCUT2D eigenvalue weighted by molar-refractivity contribution is 5.76. The van der Waals surface area contributed by atoms with Gasteiger partial charge in [-0.1, -0.05) is 6.92 Å². The van der Waals surface area contributed by atoms with E-state index in [0.717, 1.165) is 0 Å². The average Bonchev–Trinajstić information content (AvgIpc) is 2.36. The van der Waals surface area contributed by atoms with Gasteiger partial charge in [0.25, 0.3) is 5.69 Å². The number of anilines is 1. The number of esters is 1. The van der Waals surface area contributed by atoms with Crippen LogP contribution in [0.4, 0.5) is 11.5 Å². The minimum atomic E-state index is -0.423. The van der Waals surface area contributed by atoms with E-state index in [-0.39, 0.29) is 17.6 Å². The van der Waals surface area contributed by atoms with Crippen LogP contribution in [0, 0.1) is 16.0 Å². The second-order valence-corrected chi connectivity index (χ2v) is 4.64. The molecule has 0 aromatic carbocycles. The third-order valence-corrected chi connectivity index (χ3v) is 3.35. The summed E-state index contributed by atoms with van der Waals surface area (Å²) in [5, 5.41) is 10.8. The monoisotopic (exact) mass is 279 g/mol. The molecule has 2 heterocycles. The molecule has 1 aromatic rings. The second-order valence-electron chi connectivity index (χ2n) is 4.64. The van der Waals surface area contributed by atoms with Crippen LogP contribution in [-0.4, -0.2) is 35.6 Å². The minimum Gasteiger partial charge on any atom is -0.466 e. The Kier molecular flexibility index (Phi) is 4.16. The summed E-state index contributed by atoms with van der Waals surface area (Å²) >= 11 is 0. The van der Waals surface area contributed by atoms with E-state index in [1.807, 2.05) is 11.8 Å². The fraction of sp³-hybridized carbons (Fsp3) is 0.538. The van der Waals surface area contributed by atoms with Crippen molar-refractivity contribution in [1.29, 1.82) is 0 Å². The number of aryl methyl sites for hydroxylation is 1. The van der Waals surface area contributed by atoms with Crippen molar-refractivity contribution in [2.45, 2.75) is 20.3 Å². The number of rotatable bonds is 5. The predicted octanol–water partition coefficient (Wildman–Crippen LogP) is 1.55. The molecule has 0 bridgehead atoms. The lowest BCUT2D eigenvalue weighted by molar-refractivity contribution is -0.385. The zero-order valence-corrected chi connectivity index (χ0v) is 11.5. The molecule has 0 amide bonds. The topological polar surface area (TPSA) is 85.6 Å². The summed E-state index contributed by atoms with van der Waals surface area (Å²) in [6.45, 7) is 5.12. The number of pyridine rings is 1. The van der Waals surface area contributed by atoms with E-state index < -0.39 is 4.92 Å². The molecule has 0 radical (unpaired) electrons. The van der Waals surface area contributed by atoms with Gasteiger partial charge in [-0.25, -0.2) is 4.98 Å². The van der Waals surface area contributed by atoms with E-state index in [9.17, 15) is 14.9 Å². The maximum atomic E-state index is 11.5. The van der Waals surface area contributed by atoms with Crippen LogP contribution in [0.5, 0.6) is 0 Å². The number of hydrogen-bond acceptors (Lipinski definition) is 6. The molecule has 0 N–H and O–H groups in total. The largest absolute Gasteiger partial charge is 0.466 e. The molecule has 0 spiro atoms. The van der Waals surface area contributed by atoms with Crippen molar-refractivity contribution in [3.63, 3.8) is 0 Å². The van der Waals surface area contributed by atoms with Crippen molar-refractivity contribution in [3.8, 4) is 0 Å². The van der Waals surface area contributed by atoms with Crippen LogP contribution in [0.2, 0.25) is 0 Å². The normalized spacial score (nSPS) is 14.8. The molecule has 1 saturated heterocycles. The van der Waals surface area contributed by atoms with E-state index >= 15 is 0 Å². The molecule has 1 aromatic heterocycles. The first-order chi connectivity index (χ1) is 9.56. The lowest BCUT2D eigenvalue weighted by Gasteiger charge is -2.38. The Labute approximate surface area is 116 Å². The fourth-order valence-corrected chi connectivity index (χ4v) is 2.17. The van der Waals surface area contributed by atoms with Crippen LogP contribution >= 0.6 is 0 Å². The van der Waals surface area contributed by atoms with Gasteiger partial charge in [0.2, 0.25) is 0 Å². The van der Waals surface area contributed by atoms with Gasteiger partial charge in [0.05, 0.1) is 17.4 Å². The Balaban J connectivity index is 2.05. The molecule has 7 nitrogen and oxygen atoms in total. The average molecular weight is 279 g/mol. The molecule has 20 heavy (non-hydrogen) atoms. The molecule has 0 aliphatic carbocycles. The molecule has 2 rings (SSSR count). The molecular weight excluding hydrogens is 262 g/mol. The summed E-state index contributed by atoms with van der Waals surface area (Å²) in [5.41, 5.74) is 0.693. The molecule has 108 valence electrons. The number of nitro groups is 1. The highest BCUT2D eigenvalue weighted by Gasteiger charge is 2.35. The molecule has 1 fully saturated rings. The van der Waals surface area contributed by atoms with Crippen molar-refractivity contribution in [3.05, 3.63) is 27.9 Å². The molecule has 0 unspecified atom stereocenters. The van der Waals surface area contributed by atoms with Crippen molar-refractivity contribution >= 4 is 17.5 Å². The maximum Gasteiger partial charge on any atom is 0.312 e. The van der Waals surface area contributed by atoms with E-state index in [4.69, 9.17) is 4.74 Å². The Bertz CT molecular complexity index is 526. The first-order valence-electron chi connectivity index (χ1n) is 6.61. The lowest BCUT2D eigenvalue weighted by atomic mass is 10.00. The van der Waals surface area contributed by atoms with E-state index in [1.54, 1.807) is 13.0 Å². The van der Waals surface area contributed by atoms with Crippen molar-refractivity contribution in [1.82, 2.24) is 4.98 Å². The zero-order chi connectivity index (χ0) is 14.7. The number of nitrogens with zero attached hydrogens (tertiary/aromatic N) is 3. The van der Waals surface area contributed by atoms with E-state index in [1.165, 1.54) is 6.20 Å². The van der Waals surface area contributed by atoms with Crippen molar-refractivity contribution in [2.24, 2.45) is 5.92 Å². The SMILES string of the molecule is CCOC(=O)C1CN(c2cc(CC)c([N+](=O)[O-])cn2)C1. The predicted molar refractivity (Wildman–Crippen MR) is 72.6 cm³/mol. The maximum absolute atomic E-state index is 11.5. The summed E-state index contributed by atoms with van der Waals surface area (Å²) in [7, 11) is 0. The lowest BCUT2D eigenvalue weighted by Crippen LogP contribution is -2.51. The smallest absolute Gasteiger partial charge is 0.312 e. The van der Waals surface area contributed by atoms with Crippen molar-refractivity contribution in [2.75, 3.05) is 24.6 Å². The molecule has 1 aliphatic rings. The van der Waals surface area contributed by atoms with Crippen LogP contribution in [0.3, 0.4) is 0 Å². The Morgan fingerprint density at radius 2 is 2.25 bits per heavy atom. The van der Waals surface area contributed by atoms with E-state index in [0.29, 0.717) is 37.5 Å². The van der Waals surface area contributed by atoms with Gasteiger partial charge < -0.3 is 9.64 Å².